The third-order valence-electron chi connectivity index (χ3n) is 5.33. The molecule has 4 nitrogen and oxygen atoms in total. The summed E-state index contributed by atoms with van der Waals surface area (Å²) in [4.78, 5) is 2.70. The van der Waals surface area contributed by atoms with Crippen LogP contribution in [0.2, 0.25) is 0 Å². The van der Waals surface area contributed by atoms with Crippen LogP contribution in [0.5, 0.6) is 0 Å². The molecule has 1 saturated carbocycles. The highest BCUT2D eigenvalue weighted by Crippen LogP contribution is 2.42. The molecular formula is C17H30N4. The zero-order valence-corrected chi connectivity index (χ0v) is 14.0. The van der Waals surface area contributed by atoms with Crippen molar-refractivity contribution in [2.75, 3.05) is 19.6 Å². The van der Waals surface area contributed by atoms with Gasteiger partial charge in [-0.15, -0.1) is 0 Å². The number of rotatable bonds is 4. The van der Waals surface area contributed by atoms with Gasteiger partial charge in [0.2, 0.25) is 0 Å². The molecule has 2 fully saturated rings. The van der Waals surface area contributed by atoms with Crippen molar-refractivity contribution >= 4 is 0 Å². The molecule has 1 aromatic rings. The Hall–Kier alpha value is -0.870. The quantitative estimate of drug-likeness (QED) is 0.924. The fourth-order valence-electron chi connectivity index (χ4n) is 3.79. The third kappa shape index (κ3) is 3.32. The maximum absolute atomic E-state index is 4.35. The molecule has 1 aliphatic heterocycles. The predicted octanol–water partition coefficient (Wildman–Crippen LogP) is 2.37. The van der Waals surface area contributed by atoms with E-state index in [-0.39, 0.29) is 0 Å². The third-order valence-corrected chi connectivity index (χ3v) is 5.33. The smallest absolute Gasteiger partial charge is 0.0536 e. The Morgan fingerprint density at radius 2 is 2.05 bits per heavy atom. The van der Waals surface area contributed by atoms with Gasteiger partial charge in [-0.25, -0.2) is 0 Å². The Kier molecular flexibility index (Phi) is 3.87. The highest BCUT2D eigenvalue weighted by molar-refractivity contribution is 5.05. The van der Waals surface area contributed by atoms with E-state index >= 15 is 0 Å². The van der Waals surface area contributed by atoms with Crippen molar-refractivity contribution in [1.82, 2.24) is 20.0 Å². The molecule has 0 aromatic carbocycles. The SMILES string of the molecule is CC(C)(C)C1CNC(C)(C2CC2)CN1CCn1cccn1. The summed E-state index contributed by atoms with van der Waals surface area (Å²) < 4.78 is 2.05. The molecule has 118 valence electrons. The zero-order valence-electron chi connectivity index (χ0n) is 14.0. The first-order valence-electron chi connectivity index (χ1n) is 8.35. The van der Waals surface area contributed by atoms with Gasteiger partial charge in [0.1, 0.15) is 0 Å². The molecule has 3 rings (SSSR count). The molecular weight excluding hydrogens is 260 g/mol. The van der Waals surface area contributed by atoms with Crippen LogP contribution in [0.25, 0.3) is 0 Å². The summed E-state index contributed by atoms with van der Waals surface area (Å²) in [6.07, 6.45) is 6.73. The monoisotopic (exact) mass is 290 g/mol. The molecule has 1 aromatic heterocycles. The highest BCUT2D eigenvalue weighted by Gasteiger charge is 2.47. The maximum atomic E-state index is 4.35. The molecule has 2 heterocycles. The normalized spacial score (nSPS) is 31.5. The van der Waals surface area contributed by atoms with Crippen molar-refractivity contribution in [1.29, 1.82) is 0 Å². The van der Waals surface area contributed by atoms with Gasteiger partial charge in [0, 0.05) is 43.6 Å². The first-order chi connectivity index (χ1) is 9.88. The van der Waals surface area contributed by atoms with E-state index in [1.54, 1.807) is 0 Å². The molecule has 1 aliphatic carbocycles. The molecule has 0 spiro atoms. The van der Waals surface area contributed by atoms with Crippen LogP contribution < -0.4 is 5.32 Å². The first-order valence-corrected chi connectivity index (χ1v) is 8.35. The number of nitrogens with one attached hydrogen (secondary N) is 1. The van der Waals surface area contributed by atoms with Gasteiger partial charge in [0.05, 0.1) is 6.54 Å². The fraction of sp³-hybridized carbons (Fsp3) is 0.824. The minimum absolute atomic E-state index is 0.308. The Bertz CT molecular complexity index is 458. The average Bonchev–Trinajstić information content (AvgIpc) is 3.14. The summed E-state index contributed by atoms with van der Waals surface area (Å²) in [6.45, 7) is 13.9. The summed E-state index contributed by atoms with van der Waals surface area (Å²) in [5, 5.41) is 8.22. The average molecular weight is 290 g/mol. The number of hydrogen-bond donors (Lipinski definition) is 1. The second-order valence-electron chi connectivity index (χ2n) is 8.19. The summed E-state index contributed by atoms with van der Waals surface area (Å²) in [7, 11) is 0. The van der Waals surface area contributed by atoms with Crippen LogP contribution >= 0.6 is 0 Å². The number of piperazine rings is 1. The Balaban J connectivity index is 1.69. The van der Waals surface area contributed by atoms with Crippen LogP contribution in [-0.2, 0) is 6.54 Å². The van der Waals surface area contributed by atoms with Crippen molar-refractivity contribution in [3.05, 3.63) is 18.5 Å². The van der Waals surface area contributed by atoms with Gasteiger partial charge in [0.25, 0.3) is 0 Å². The van der Waals surface area contributed by atoms with Gasteiger partial charge in [-0.3, -0.25) is 9.58 Å². The predicted molar refractivity (Wildman–Crippen MR) is 86.2 cm³/mol. The van der Waals surface area contributed by atoms with Gasteiger partial charge < -0.3 is 5.32 Å². The molecule has 4 heteroatoms. The van der Waals surface area contributed by atoms with Crippen LogP contribution in [0.4, 0.5) is 0 Å². The van der Waals surface area contributed by atoms with Gasteiger partial charge in [-0.05, 0) is 37.2 Å². The van der Waals surface area contributed by atoms with Crippen molar-refractivity contribution in [3.63, 3.8) is 0 Å². The Labute approximate surface area is 128 Å². The van der Waals surface area contributed by atoms with E-state index in [0.717, 1.165) is 25.6 Å². The van der Waals surface area contributed by atoms with E-state index in [0.29, 0.717) is 17.0 Å². The molecule has 1 saturated heterocycles. The van der Waals surface area contributed by atoms with E-state index in [1.807, 2.05) is 12.3 Å². The van der Waals surface area contributed by atoms with Crippen LogP contribution in [-0.4, -0.2) is 45.9 Å². The van der Waals surface area contributed by atoms with Crippen LogP contribution in [0.3, 0.4) is 0 Å². The minimum atomic E-state index is 0.308. The van der Waals surface area contributed by atoms with Crippen molar-refractivity contribution in [2.45, 2.75) is 58.7 Å². The lowest BCUT2D eigenvalue weighted by molar-refractivity contribution is 0.0175. The molecule has 2 atom stereocenters. The van der Waals surface area contributed by atoms with E-state index in [4.69, 9.17) is 0 Å². The fourth-order valence-corrected chi connectivity index (χ4v) is 3.79. The summed E-state index contributed by atoms with van der Waals surface area (Å²) in [5.41, 5.74) is 0.619. The van der Waals surface area contributed by atoms with E-state index in [9.17, 15) is 0 Å². The summed E-state index contributed by atoms with van der Waals surface area (Å²) >= 11 is 0. The first kappa shape index (κ1) is 15.0. The second kappa shape index (κ2) is 5.40. The van der Waals surface area contributed by atoms with E-state index in [2.05, 4.69) is 53.9 Å². The van der Waals surface area contributed by atoms with Crippen molar-refractivity contribution < 1.29 is 0 Å². The van der Waals surface area contributed by atoms with Crippen LogP contribution in [0, 0.1) is 11.3 Å². The standard InChI is InChI=1S/C17H30N4/c1-16(2,3)15-12-18-17(4,14-6-7-14)13-20(15)10-11-21-9-5-8-19-21/h5,8-9,14-15,18H,6-7,10-13H2,1-4H3. The molecule has 0 radical (unpaired) electrons. The Morgan fingerprint density at radius 3 is 2.62 bits per heavy atom. The Morgan fingerprint density at radius 1 is 1.29 bits per heavy atom. The van der Waals surface area contributed by atoms with E-state index < -0.39 is 0 Å². The van der Waals surface area contributed by atoms with Gasteiger partial charge in [0.15, 0.2) is 0 Å². The molecule has 0 bridgehead atoms. The van der Waals surface area contributed by atoms with Gasteiger partial charge in [-0.1, -0.05) is 20.8 Å². The van der Waals surface area contributed by atoms with Crippen molar-refractivity contribution in [3.8, 4) is 0 Å². The minimum Gasteiger partial charge on any atom is -0.308 e. The number of hydrogen-bond acceptors (Lipinski definition) is 3. The molecule has 1 N–H and O–H groups in total. The lowest BCUT2D eigenvalue weighted by atomic mass is 9.80. The summed E-state index contributed by atoms with van der Waals surface area (Å²) in [6, 6.07) is 2.60. The second-order valence-corrected chi connectivity index (χ2v) is 8.19. The van der Waals surface area contributed by atoms with Crippen LogP contribution in [0.15, 0.2) is 18.5 Å². The zero-order chi connectivity index (χ0) is 15.1. The number of nitrogens with zero attached hydrogens (tertiary/aromatic N) is 3. The maximum Gasteiger partial charge on any atom is 0.0536 e. The number of aromatic nitrogens is 2. The highest BCUT2D eigenvalue weighted by atomic mass is 15.3. The molecule has 21 heavy (non-hydrogen) atoms. The topological polar surface area (TPSA) is 33.1 Å². The molecule has 0 amide bonds. The molecule has 2 aliphatic rings. The lowest BCUT2D eigenvalue weighted by Gasteiger charge is -2.51. The summed E-state index contributed by atoms with van der Waals surface area (Å²) in [5.74, 6) is 0.880. The van der Waals surface area contributed by atoms with E-state index in [1.165, 1.54) is 19.4 Å². The van der Waals surface area contributed by atoms with Crippen molar-refractivity contribution in [2.24, 2.45) is 11.3 Å². The molecule has 2 unspecified atom stereocenters. The van der Waals surface area contributed by atoms with Gasteiger partial charge >= 0.3 is 0 Å². The lowest BCUT2D eigenvalue weighted by Crippen LogP contribution is -2.66. The van der Waals surface area contributed by atoms with Crippen LogP contribution in [0.1, 0.15) is 40.5 Å². The largest absolute Gasteiger partial charge is 0.308 e. The van der Waals surface area contributed by atoms with Gasteiger partial charge in [-0.2, -0.15) is 5.10 Å².